The minimum Gasteiger partial charge on any atom is -0.493 e. The van der Waals surface area contributed by atoms with Gasteiger partial charge in [-0.2, -0.15) is 0 Å². The van der Waals surface area contributed by atoms with Gasteiger partial charge in [0.2, 0.25) is 5.91 Å². The Morgan fingerprint density at radius 3 is 2.48 bits per heavy atom. The number of benzene rings is 1. The number of ether oxygens (including phenoxy) is 2. The van der Waals surface area contributed by atoms with E-state index in [9.17, 15) is 4.79 Å². The molecule has 6 heteroatoms. The van der Waals surface area contributed by atoms with Crippen LogP contribution >= 0.6 is 15.9 Å². The van der Waals surface area contributed by atoms with Crippen molar-refractivity contribution in [3.8, 4) is 11.5 Å². The number of nitrogens with one attached hydrogen (secondary N) is 2. The number of rotatable bonds is 9. The molecule has 21 heavy (non-hydrogen) atoms. The lowest BCUT2D eigenvalue weighted by atomic mass is 10.2. The quantitative estimate of drug-likeness (QED) is 0.665. The Morgan fingerprint density at radius 2 is 1.86 bits per heavy atom. The first-order valence-electron chi connectivity index (χ1n) is 7.00. The van der Waals surface area contributed by atoms with Crippen LogP contribution < -0.4 is 20.1 Å². The molecule has 1 amide bonds. The predicted octanol–water partition coefficient (Wildman–Crippen LogP) is 2.47. The summed E-state index contributed by atoms with van der Waals surface area (Å²) in [5, 5.41) is 6.10. The van der Waals surface area contributed by atoms with E-state index in [1.165, 1.54) is 0 Å². The third-order valence-electron chi connectivity index (χ3n) is 2.97. The second kappa shape index (κ2) is 9.63. The van der Waals surface area contributed by atoms with Gasteiger partial charge in [-0.05, 0) is 24.1 Å². The molecule has 0 unspecified atom stereocenters. The topological polar surface area (TPSA) is 59.6 Å². The fourth-order valence-electron chi connectivity index (χ4n) is 1.81. The third-order valence-corrected chi connectivity index (χ3v) is 3.71. The van der Waals surface area contributed by atoms with Crippen LogP contribution in [0.15, 0.2) is 16.6 Å². The predicted molar refractivity (Wildman–Crippen MR) is 86.9 cm³/mol. The molecule has 118 valence electrons. The summed E-state index contributed by atoms with van der Waals surface area (Å²) in [6, 6.07) is 3.80. The van der Waals surface area contributed by atoms with Crippen LogP contribution in [0.1, 0.15) is 25.3 Å². The van der Waals surface area contributed by atoms with Crippen LogP contribution in [0.25, 0.3) is 0 Å². The molecule has 0 radical (unpaired) electrons. The van der Waals surface area contributed by atoms with Crippen LogP contribution in [-0.2, 0) is 11.3 Å². The molecule has 1 aromatic rings. The molecule has 0 atom stereocenters. The van der Waals surface area contributed by atoms with Crippen molar-refractivity contribution in [2.24, 2.45) is 0 Å². The maximum absolute atomic E-state index is 11.5. The standard InChI is InChI=1S/C15H23BrN2O3/c1-4-6-18-15(19)5-7-17-10-11-8-13(20-2)14(21-3)9-12(11)16/h8-9,17H,4-7,10H2,1-3H3,(H,18,19). The number of carbonyl (C=O) groups excluding carboxylic acids is 1. The molecule has 2 N–H and O–H groups in total. The minimum absolute atomic E-state index is 0.0794. The lowest BCUT2D eigenvalue weighted by Gasteiger charge is -2.12. The highest BCUT2D eigenvalue weighted by molar-refractivity contribution is 9.10. The van der Waals surface area contributed by atoms with E-state index in [1.54, 1.807) is 14.2 Å². The van der Waals surface area contributed by atoms with Crippen molar-refractivity contribution in [1.29, 1.82) is 0 Å². The van der Waals surface area contributed by atoms with E-state index in [1.807, 2.05) is 19.1 Å². The zero-order valence-electron chi connectivity index (χ0n) is 12.8. The highest BCUT2D eigenvalue weighted by Gasteiger charge is 2.09. The summed E-state index contributed by atoms with van der Waals surface area (Å²) in [6.45, 7) is 4.06. The van der Waals surface area contributed by atoms with E-state index < -0.39 is 0 Å². The normalized spacial score (nSPS) is 10.3. The van der Waals surface area contributed by atoms with Gasteiger partial charge in [0.15, 0.2) is 11.5 Å². The van der Waals surface area contributed by atoms with Crippen molar-refractivity contribution >= 4 is 21.8 Å². The summed E-state index contributed by atoms with van der Waals surface area (Å²) < 4.78 is 11.5. The van der Waals surface area contributed by atoms with Gasteiger partial charge in [0.05, 0.1) is 14.2 Å². The maximum atomic E-state index is 11.5. The lowest BCUT2D eigenvalue weighted by molar-refractivity contribution is -0.120. The van der Waals surface area contributed by atoms with Crippen LogP contribution in [0.5, 0.6) is 11.5 Å². The monoisotopic (exact) mass is 358 g/mol. The van der Waals surface area contributed by atoms with Gasteiger partial charge in [-0.1, -0.05) is 22.9 Å². The second-order valence-electron chi connectivity index (χ2n) is 4.58. The van der Waals surface area contributed by atoms with E-state index in [4.69, 9.17) is 9.47 Å². The molecule has 0 spiro atoms. The van der Waals surface area contributed by atoms with Crippen LogP contribution in [0.2, 0.25) is 0 Å². The number of halogens is 1. The van der Waals surface area contributed by atoms with Crippen LogP contribution in [-0.4, -0.2) is 33.2 Å². The Morgan fingerprint density at radius 1 is 1.19 bits per heavy atom. The summed E-state index contributed by atoms with van der Waals surface area (Å²) in [4.78, 5) is 11.5. The van der Waals surface area contributed by atoms with Gasteiger partial charge in [-0.15, -0.1) is 0 Å². The molecular weight excluding hydrogens is 336 g/mol. The molecule has 1 rings (SSSR count). The first-order chi connectivity index (χ1) is 10.1. The maximum Gasteiger partial charge on any atom is 0.221 e. The zero-order chi connectivity index (χ0) is 15.7. The van der Waals surface area contributed by atoms with Gasteiger partial charge in [0, 0.05) is 30.5 Å². The summed E-state index contributed by atoms with van der Waals surface area (Å²) in [5.74, 6) is 1.46. The van der Waals surface area contributed by atoms with Gasteiger partial charge in [0.25, 0.3) is 0 Å². The Hall–Kier alpha value is -1.27. The van der Waals surface area contributed by atoms with E-state index in [2.05, 4.69) is 26.6 Å². The number of hydrogen-bond donors (Lipinski definition) is 2. The van der Waals surface area contributed by atoms with Crippen molar-refractivity contribution in [2.75, 3.05) is 27.3 Å². The average Bonchev–Trinajstić information content (AvgIpc) is 2.50. The van der Waals surface area contributed by atoms with Crippen molar-refractivity contribution in [3.05, 3.63) is 22.2 Å². The van der Waals surface area contributed by atoms with Gasteiger partial charge >= 0.3 is 0 Å². The third kappa shape index (κ3) is 5.93. The first-order valence-corrected chi connectivity index (χ1v) is 7.79. The van der Waals surface area contributed by atoms with Gasteiger partial charge in [0.1, 0.15) is 0 Å². The molecule has 0 aromatic heterocycles. The molecule has 0 heterocycles. The zero-order valence-corrected chi connectivity index (χ0v) is 14.4. The van der Waals surface area contributed by atoms with Gasteiger partial charge < -0.3 is 20.1 Å². The number of carbonyl (C=O) groups is 1. The smallest absolute Gasteiger partial charge is 0.221 e. The molecule has 0 aliphatic rings. The fourth-order valence-corrected chi connectivity index (χ4v) is 2.27. The Labute approximate surface area is 134 Å². The van der Waals surface area contributed by atoms with Gasteiger partial charge in [-0.25, -0.2) is 0 Å². The van der Waals surface area contributed by atoms with E-state index in [0.717, 1.165) is 23.0 Å². The molecule has 5 nitrogen and oxygen atoms in total. The molecular formula is C15H23BrN2O3. The Bertz CT molecular complexity index is 466. The van der Waals surface area contributed by atoms with Crippen molar-refractivity contribution in [3.63, 3.8) is 0 Å². The van der Waals surface area contributed by atoms with E-state index >= 15 is 0 Å². The molecule has 0 aliphatic heterocycles. The molecule has 0 bridgehead atoms. The summed E-state index contributed by atoms with van der Waals surface area (Å²) >= 11 is 3.51. The van der Waals surface area contributed by atoms with E-state index in [0.29, 0.717) is 31.0 Å². The Balaban J connectivity index is 2.46. The van der Waals surface area contributed by atoms with Crippen LogP contribution in [0.4, 0.5) is 0 Å². The summed E-state index contributed by atoms with van der Waals surface area (Å²) in [5.41, 5.74) is 1.06. The summed E-state index contributed by atoms with van der Waals surface area (Å²) in [6.07, 6.45) is 1.43. The molecule has 0 fully saturated rings. The van der Waals surface area contributed by atoms with Crippen molar-refractivity contribution in [1.82, 2.24) is 10.6 Å². The van der Waals surface area contributed by atoms with E-state index in [-0.39, 0.29) is 5.91 Å². The van der Waals surface area contributed by atoms with Crippen molar-refractivity contribution < 1.29 is 14.3 Å². The average molecular weight is 359 g/mol. The fraction of sp³-hybridized carbons (Fsp3) is 0.533. The minimum atomic E-state index is 0.0794. The Kier molecular flexibility index (Phi) is 8.15. The lowest BCUT2D eigenvalue weighted by Crippen LogP contribution is -2.28. The number of methoxy groups -OCH3 is 2. The highest BCUT2D eigenvalue weighted by atomic mass is 79.9. The largest absolute Gasteiger partial charge is 0.493 e. The van der Waals surface area contributed by atoms with Crippen LogP contribution in [0, 0.1) is 0 Å². The highest BCUT2D eigenvalue weighted by Crippen LogP contribution is 2.33. The molecule has 0 aliphatic carbocycles. The summed E-state index contributed by atoms with van der Waals surface area (Å²) in [7, 11) is 3.22. The first kappa shape index (κ1) is 17.8. The SMILES string of the molecule is CCCNC(=O)CCNCc1cc(OC)c(OC)cc1Br. The van der Waals surface area contributed by atoms with Crippen LogP contribution in [0.3, 0.4) is 0 Å². The molecule has 1 aromatic carbocycles. The van der Waals surface area contributed by atoms with Crippen molar-refractivity contribution in [2.45, 2.75) is 26.3 Å². The molecule has 0 saturated carbocycles. The number of hydrogen-bond acceptors (Lipinski definition) is 4. The van der Waals surface area contributed by atoms with Gasteiger partial charge in [-0.3, -0.25) is 4.79 Å². The molecule has 0 saturated heterocycles. The number of amides is 1. The second-order valence-corrected chi connectivity index (χ2v) is 5.43.